The van der Waals surface area contributed by atoms with Gasteiger partial charge in [-0.25, -0.2) is 0 Å². The molecule has 28 heavy (non-hydrogen) atoms. The van der Waals surface area contributed by atoms with Crippen LogP contribution in [0.25, 0.3) is 0 Å². The third-order valence-corrected chi connectivity index (χ3v) is 4.72. The largest absolute Gasteiger partial charge is 0.490 e. The molecule has 6 nitrogen and oxygen atoms in total. The van der Waals surface area contributed by atoms with Gasteiger partial charge >= 0.3 is 0 Å². The number of rotatable bonds is 8. The van der Waals surface area contributed by atoms with Crippen molar-refractivity contribution < 1.29 is 14.3 Å². The van der Waals surface area contributed by atoms with E-state index < -0.39 is 0 Å². The Balaban J connectivity index is 1.51. The monoisotopic (exact) mass is 383 g/mol. The van der Waals surface area contributed by atoms with Gasteiger partial charge in [-0.05, 0) is 43.8 Å². The lowest BCUT2D eigenvalue weighted by Crippen LogP contribution is -2.43. The lowest BCUT2D eigenvalue weighted by atomic mass is 10.1. The predicted octanol–water partition coefficient (Wildman–Crippen LogP) is 2.85. The number of hydrogen-bond acceptors (Lipinski definition) is 5. The van der Waals surface area contributed by atoms with Crippen LogP contribution >= 0.6 is 0 Å². The minimum absolute atomic E-state index is 0.0627. The van der Waals surface area contributed by atoms with E-state index in [1.54, 1.807) is 6.07 Å². The topological polar surface area (TPSA) is 54.0 Å². The maximum atomic E-state index is 12.3. The number of anilines is 1. The van der Waals surface area contributed by atoms with Crippen LogP contribution in [-0.2, 0) is 11.3 Å². The maximum Gasteiger partial charge on any atom is 0.262 e. The summed E-state index contributed by atoms with van der Waals surface area (Å²) in [6, 6.07) is 15.4. The van der Waals surface area contributed by atoms with Crippen molar-refractivity contribution in [2.75, 3.05) is 51.8 Å². The van der Waals surface area contributed by atoms with Crippen LogP contribution in [0.1, 0.15) is 12.5 Å². The first kappa shape index (κ1) is 20.2. The van der Waals surface area contributed by atoms with Crippen molar-refractivity contribution in [3.05, 3.63) is 54.1 Å². The fraction of sp³-hybridized carbons (Fsp3) is 0.409. The predicted molar refractivity (Wildman–Crippen MR) is 111 cm³/mol. The summed E-state index contributed by atoms with van der Waals surface area (Å²) in [5.41, 5.74) is 1.99. The molecule has 1 N–H and O–H groups in total. The van der Waals surface area contributed by atoms with Crippen LogP contribution in [0, 0.1) is 0 Å². The fourth-order valence-electron chi connectivity index (χ4n) is 3.20. The molecule has 0 unspecified atom stereocenters. The Morgan fingerprint density at radius 1 is 1.00 bits per heavy atom. The Morgan fingerprint density at radius 2 is 1.71 bits per heavy atom. The molecular weight excluding hydrogens is 354 g/mol. The van der Waals surface area contributed by atoms with Gasteiger partial charge in [0.25, 0.3) is 5.91 Å². The molecule has 1 aliphatic heterocycles. The number of nitrogens with zero attached hydrogens (tertiary/aromatic N) is 2. The van der Waals surface area contributed by atoms with E-state index in [1.807, 2.05) is 43.3 Å². The van der Waals surface area contributed by atoms with Crippen molar-refractivity contribution in [3.8, 4) is 11.5 Å². The molecule has 1 aliphatic rings. The molecular formula is C22H29N3O3. The number of ether oxygens (including phenoxy) is 2. The van der Waals surface area contributed by atoms with Crippen LogP contribution in [0.5, 0.6) is 11.5 Å². The highest BCUT2D eigenvalue weighted by Gasteiger charge is 2.14. The number of piperazine rings is 1. The van der Waals surface area contributed by atoms with E-state index in [4.69, 9.17) is 9.47 Å². The quantitative estimate of drug-likeness (QED) is 0.760. The molecule has 0 atom stereocenters. The summed E-state index contributed by atoms with van der Waals surface area (Å²) >= 11 is 0. The number of carbonyl (C=O) groups is 1. The second-order valence-electron chi connectivity index (χ2n) is 7.00. The molecule has 1 amide bonds. The molecule has 1 heterocycles. The van der Waals surface area contributed by atoms with Crippen LogP contribution in [0.4, 0.5) is 5.69 Å². The van der Waals surface area contributed by atoms with Crippen molar-refractivity contribution in [3.63, 3.8) is 0 Å². The summed E-state index contributed by atoms with van der Waals surface area (Å²) in [5, 5.41) is 2.92. The minimum atomic E-state index is -0.192. The molecule has 1 saturated heterocycles. The summed E-state index contributed by atoms with van der Waals surface area (Å²) in [5.74, 6) is 1.03. The molecule has 0 spiro atoms. The third-order valence-electron chi connectivity index (χ3n) is 4.72. The van der Waals surface area contributed by atoms with Gasteiger partial charge in [0.15, 0.2) is 18.1 Å². The summed E-state index contributed by atoms with van der Waals surface area (Å²) < 4.78 is 11.2. The normalized spacial score (nSPS) is 15.2. The zero-order chi connectivity index (χ0) is 19.8. The molecule has 1 fully saturated rings. The van der Waals surface area contributed by atoms with E-state index in [0.717, 1.165) is 38.4 Å². The van der Waals surface area contributed by atoms with E-state index in [9.17, 15) is 4.79 Å². The van der Waals surface area contributed by atoms with Gasteiger partial charge in [-0.2, -0.15) is 0 Å². The molecule has 0 aromatic heterocycles. The van der Waals surface area contributed by atoms with E-state index in [0.29, 0.717) is 18.1 Å². The van der Waals surface area contributed by atoms with Crippen molar-refractivity contribution >= 4 is 11.6 Å². The highest BCUT2D eigenvalue weighted by molar-refractivity contribution is 5.92. The average Bonchev–Trinajstić information content (AvgIpc) is 2.70. The standard InChI is InChI=1S/C22H29N3O3/c1-3-27-20-9-4-5-10-21(20)28-17-22(26)23-19-8-6-7-18(15-19)16-25-13-11-24(2)12-14-25/h4-10,15H,3,11-14,16-17H2,1-2H3,(H,23,26). The average molecular weight is 383 g/mol. The highest BCUT2D eigenvalue weighted by Crippen LogP contribution is 2.26. The van der Waals surface area contributed by atoms with Crippen LogP contribution in [0.2, 0.25) is 0 Å². The van der Waals surface area contributed by atoms with Gasteiger partial charge in [0.05, 0.1) is 6.61 Å². The van der Waals surface area contributed by atoms with Crippen LogP contribution < -0.4 is 14.8 Å². The number of likely N-dealkylation sites (N-methyl/N-ethyl adjacent to an activating group) is 1. The smallest absolute Gasteiger partial charge is 0.262 e. The zero-order valence-electron chi connectivity index (χ0n) is 16.7. The molecule has 6 heteroatoms. The maximum absolute atomic E-state index is 12.3. The summed E-state index contributed by atoms with van der Waals surface area (Å²) in [7, 11) is 2.16. The van der Waals surface area contributed by atoms with Gasteiger partial charge < -0.3 is 19.7 Å². The van der Waals surface area contributed by atoms with E-state index in [2.05, 4.69) is 28.2 Å². The molecule has 0 radical (unpaired) electrons. The number of carbonyl (C=O) groups excluding carboxylic acids is 1. The molecule has 0 aliphatic carbocycles. The lowest BCUT2D eigenvalue weighted by molar-refractivity contribution is -0.118. The zero-order valence-corrected chi connectivity index (χ0v) is 16.7. The second-order valence-corrected chi connectivity index (χ2v) is 7.00. The first-order valence-electron chi connectivity index (χ1n) is 9.78. The molecule has 2 aromatic carbocycles. The number of nitrogens with one attached hydrogen (secondary N) is 1. The van der Waals surface area contributed by atoms with Gasteiger partial charge in [-0.3, -0.25) is 9.69 Å². The molecule has 150 valence electrons. The lowest BCUT2D eigenvalue weighted by Gasteiger charge is -2.32. The van der Waals surface area contributed by atoms with Crippen molar-refractivity contribution in [2.24, 2.45) is 0 Å². The van der Waals surface area contributed by atoms with Crippen molar-refractivity contribution in [1.82, 2.24) is 9.80 Å². The van der Waals surface area contributed by atoms with Crippen molar-refractivity contribution in [2.45, 2.75) is 13.5 Å². The molecule has 3 rings (SSSR count). The van der Waals surface area contributed by atoms with E-state index in [1.165, 1.54) is 5.56 Å². The van der Waals surface area contributed by atoms with E-state index >= 15 is 0 Å². The summed E-state index contributed by atoms with van der Waals surface area (Å²) in [6.45, 7) is 7.63. The Morgan fingerprint density at radius 3 is 2.43 bits per heavy atom. The van der Waals surface area contributed by atoms with E-state index in [-0.39, 0.29) is 12.5 Å². The van der Waals surface area contributed by atoms with Crippen molar-refractivity contribution in [1.29, 1.82) is 0 Å². The van der Waals surface area contributed by atoms with Gasteiger partial charge in [-0.15, -0.1) is 0 Å². The molecule has 2 aromatic rings. The second kappa shape index (κ2) is 10.1. The van der Waals surface area contributed by atoms with Gasteiger partial charge in [-0.1, -0.05) is 24.3 Å². The Hall–Kier alpha value is -2.57. The first-order valence-corrected chi connectivity index (χ1v) is 9.78. The molecule has 0 saturated carbocycles. The number of benzene rings is 2. The van der Waals surface area contributed by atoms with Crippen LogP contribution in [-0.4, -0.2) is 62.1 Å². The van der Waals surface area contributed by atoms with Crippen LogP contribution in [0.3, 0.4) is 0 Å². The SMILES string of the molecule is CCOc1ccccc1OCC(=O)Nc1cccc(CN2CCN(C)CC2)c1. The van der Waals surface area contributed by atoms with Crippen LogP contribution in [0.15, 0.2) is 48.5 Å². The number of para-hydroxylation sites is 2. The van der Waals surface area contributed by atoms with Gasteiger partial charge in [0, 0.05) is 38.4 Å². The Labute approximate surface area is 167 Å². The fourth-order valence-corrected chi connectivity index (χ4v) is 3.20. The van der Waals surface area contributed by atoms with Gasteiger partial charge in [0.1, 0.15) is 0 Å². The Kier molecular flexibility index (Phi) is 7.28. The highest BCUT2D eigenvalue weighted by atomic mass is 16.5. The number of amides is 1. The summed E-state index contributed by atoms with van der Waals surface area (Å²) in [4.78, 5) is 17.1. The molecule has 0 bridgehead atoms. The minimum Gasteiger partial charge on any atom is -0.490 e. The number of hydrogen-bond donors (Lipinski definition) is 1. The van der Waals surface area contributed by atoms with Gasteiger partial charge in [0.2, 0.25) is 0 Å². The Bertz CT molecular complexity index is 773. The third kappa shape index (κ3) is 5.97. The first-order chi connectivity index (χ1) is 13.6. The summed E-state index contributed by atoms with van der Waals surface area (Å²) in [6.07, 6.45) is 0.